The number of nitrogens with zero attached hydrogens (tertiary/aromatic N) is 2. The van der Waals surface area contributed by atoms with Gasteiger partial charge in [-0.05, 0) is 287 Å². The van der Waals surface area contributed by atoms with Crippen LogP contribution in [0.25, 0.3) is 57.7 Å². The van der Waals surface area contributed by atoms with Crippen LogP contribution in [-0.4, -0.2) is 0 Å². The Morgan fingerprint density at radius 2 is 0.581 bits per heavy atom. The summed E-state index contributed by atoms with van der Waals surface area (Å²) < 4.78 is 0. The molecule has 0 saturated carbocycles. The minimum absolute atomic E-state index is 0.0786. The molecule has 10 aromatic carbocycles. The lowest BCUT2D eigenvalue weighted by Gasteiger charge is -2.31. The van der Waals surface area contributed by atoms with Gasteiger partial charge in [0.05, 0.1) is 0 Å². The highest BCUT2D eigenvalue weighted by molar-refractivity contribution is 5.91. The molecule has 3 aliphatic carbocycles. The van der Waals surface area contributed by atoms with Crippen molar-refractivity contribution < 1.29 is 0 Å². The lowest BCUT2D eigenvalue weighted by Crippen LogP contribution is -2.24. The Morgan fingerprint density at radius 3 is 0.930 bits per heavy atom. The fourth-order valence-electron chi connectivity index (χ4n) is 15.7. The molecule has 0 aliphatic heterocycles. The van der Waals surface area contributed by atoms with Crippen molar-refractivity contribution in [2.45, 2.75) is 133 Å². The van der Waals surface area contributed by atoms with Crippen molar-refractivity contribution in [2.24, 2.45) is 0 Å². The standard InChI is InChI=1S/C84H82N2/c1-16-84(17-2)80-48-61(19-18-60-21-28-70-72-32-26-64(49-78(72)82(12,13)76(70)46-60)85(66-38-51(3)34-52(4)39-66)67-40-53(5)35-54(6)41-67)23-30-74(80)75-31-25-63(59(11)81(75)84)24-20-62-22-29-71-73-33-27-65(50-79(73)83(14,15)77(71)47-62)86(68-42-55(7)36-56(8)43-68)69-44-57(9)37-58(10)45-69/h18-50H,16-17H2,1-15H3/b19-18+,24-20+. The molecule has 86 heavy (non-hydrogen) atoms. The largest absolute Gasteiger partial charge is 0.310 e. The zero-order valence-corrected chi connectivity index (χ0v) is 53.4. The van der Waals surface area contributed by atoms with Crippen LogP contribution in [0, 0.1) is 62.3 Å². The van der Waals surface area contributed by atoms with E-state index in [1.54, 1.807) is 0 Å². The quantitative estimate of drug-likeness (QED) is 0.113. The molecule has 10 aromatic rings. The van der Waals surface area contributed by atoms with Crippen LogP contribution in [0.3, 0.4) is 0 Å². The molecule has 13 rings (SSSR count). The summed E-state index contributed by atoms with van der Waals surface area (Å²) in [4.78, 5) is 4.90. The molecule has 0 fully saturated rings. The van der Waals surface area contributed by atoms with Gasteiger partial charge in [-0.25, -0.2) is 0 Å². The second-order valence-corrected chi connectivity index (χ2v) is 26.8. The zero-order valence-electron chi connectivity index (χ0n) is 53.4. The van der Waals surface area contributed by atoms with E-state index in [1.165, 1.54) is 173 Å². The molecule has 428 valence electrons. The summed E-state index contributed by atoms with van der Waals surface area (Å²) in [6.45, 7) is 34.4. The Kier molecular flexibility index (Phi) is 13.8. The summed E-state index contributed by atoms with van der Waals surface area (Å²) in [7, 11) is 0. The van der Waals surface area contributed by atoms with Crippen molar-refractivity contribution in [3.8, 4) is 33.4 Å². The van der Waals surface area contributed by atoms with Crippen LogP contribution < -0.4 is 9.80 Å². The Morgan fingerprint density at radius 1 is 0.291 bits per heavy atom. The molecule has 0 atom stereocenters. The van der Waals surface area contributed by atoms with E-state index < -0.39 is 0 Å². The van der Waals surface area contributed by atoms with Gasteiger partial charge in [0.15, 0.2) is 0 Å². The minimum Gasteiger partial charge on any atom is -0.310 e. The second kappa shape index (κ2) is 21.1. The first-order valence-corrected chi connectivity index (χ1v) is 31.3. The maximum absolute atomic E-state index is 2.50. The molecule has 0 N–H and O–H groups in total. The van der Waals surface area contributed by atoms with Gasteiger partial charge in [0.1, 0.15) is 0 Å². The van der Waals surface area contributed by atoms with E-state index in [2.05, 4.69) is 314 Å². The molecule has 0 radical (unpaired) electrons. The van der Waals surface area contributed by atoms with Crippen molar-refractivity contribution >= 4 is 58.4 Å². The maximum atomic E-state index is 2.50. The van der Waals surface area contributed by atoms with E-state index in [-0.39, 0.29) is 16.2 Å². The number of rotatable bonds is 12. The maximum Gasteiger partial charge on any atom is 0.0466 e. The zero-order chi connectivity index (χ0) is 60.3. The van der Waals surface area contributed by atoms with Crippen molar-refractivity contribution in [3.05, 3.63) is 282 Å². The van der Waals surface area contributed by atoms with E-state index >= 15 is 0 Å². The average molecular weight is 1120 g/mol. The third kappa shape index (κ3) is 9.48. The van der Waals surface area contributed by atoms with Crippen LogP contribution in [0.2, 0.25) is 0 Å². The first kappa shape index (κ1) is 56.4. The van der Waals surface area contributed by atoms with Gasteiger partial charge in [0.25, 0.3) is 0 Å². The highest BCUT2D eigenvalue weighted by Gasteiger charge is 2.43. The Balaban J connectivity index is 0.765. The summed E-state index contributed by atoms with van der Waals surface area (Å²) >= 11 is 0. The van der Waals surface area contributed by atoms with E-state index in [9.17, 15) is 0 Å². The van der Waals surface area contributed by atoms with Gasteiger partial charge in [-0.15, -0.1) is 0 Å². The van der Waals surface area contributed by atoms with E-state index in [0.29, 0.717) is 0 Å². The minimum atomic E-state index is -0.185. The van der Waals surface area contributed by atoms with E-state index in [1.807, 2.05) is 0 Å². The average Bonchev–Trinajstić information content (AvgIpc) is 1.72. The lowest BCUT2D eigenvalue weighted by molar-refractivity contribution is 0.488. The highest BCUT2D eigenvalue weighted by Crippen LogP contribution is 2.56. The molecule has 0 saturated heterocycles. The number of fused-ring (bicyclic) bond motifs is 9. The second-order valence-electron chi connectivity index (χ2n) is 26.8. The van der Waals surface area contributed by atoms with Crippen LogP contribution in [0.4, 0.5) is 34.1 Å². The molecule has 0 spiro atoms. The van der Waals surface area contributed by atoms with Gasteiger partial charge in [0.2, 0.25) is 0 Å². The Labute approximate surface area is 513 Å². The first-order valence-electron chi connectivity index (χ1n) is 31.3. The molecule has 2 heteroatoms. The van der Waals surface area contributed by atoms with Crippen molar-refractivity contribution in [1.29, 1.82) is 0 Å². The van der Waals surface area contributed by atoms with Crippen LogP contribution in [0.5, 0.6) is 0 Å². The predicted octanol–water partition coefficient (Wildman–Crippen LogP) is 23.4. The number of aryl methyl sites for hydroxylation is 8. The number of anilines is 6. The van der Waals surface area contributed by atoms with Gasteiger partial charge in [-0.1, -0.05) is 169 Å². The Bertz CT molecular complexity index is 4300. The normalized spacial score (nSPS) is 14.5. The van der Waals surface area contributed by atoms with Gasteiger partial charge >= 0.3 is 0 Å². The van der Waals surface area contributed by atoms with Crippen LogP contribution in [-0.2, 0) is 16.2 Å². The highest BCUT2D eigenvalue weighted by atomic mass is 15.1. The molecule has 0 unspecified atom stereocenters. The predicted molar refractivity (Wildman–Crippen MR) is 371 cm³/mol. The number of hydrogen-bond acceptors (Lipinski definition) is 2. The van der Waals surface area contributed by atoms with Crippen LogP contribution in [0.1, 0.15) is 160 Å². The van der Waals surface area contributed by atoms with Gasteiger partial charge in [-0.3, -0.25) is 0 Å². The molecule has 2 nitrogen and oxygen atoms in total. The van der Waals surface area contributed by atoms with Crippen LogP contribution >= 0.6 is 0 Å². The molecule has 0 heterocycles. The number of benzene rings is 10. The first-order chi connectivity index (χ1) is 41.1. The SMILES string of the molecule is CCC1(CC)c2cc(/C=C/c3ccc4c(c3)C(C)(C)c3cc(N(c5cc(C)cc(C)c5)c5cc(C)cc(C)c5)ccc3-4)ccc2-c2ccc(/C=C/c3ccc4c(c3)C(C)(C)c3cc(N(c5cc(C)cc(C)c5)c5cc(C)cc(C)c5)ccc3-4)c(C)c21. The Hall–Kier alpha value is -8.72. The molecule has 0 amide bonds. The van der Waals surface area contributed by atoms with Crippen molar-refractivity contribution in [1.82, 2.24) is 0 Å². The summed E-state index contributed by atoms with van der Waals surface area (Å²) in [5.74, 6) is 0. The topological polar surface area (TPSA) is 6.48 Å². The van der Waals surface area contributed by atoms with Crippen molar-refractivity contribution in [3.63, 3.8) is 0 Å². The summed E-state index contributed by atoms with van der Waals surface area (Å²) in [5, 5.41) is 0. The summed E-state index contributed by atoms with van der Waals surface area (Å²) in [5.41, 5.74) is 39.7. The smallest absolute Gasteiger partial charge is 0.0466 e. The molecular weight excluding hydrogens is 1040 g/mol. The molecule has 0 bridgehead atoms. The van der Waals surface area contributed by atoms with Crippen LogP contribution in [0.15, 0.2) is 176 Å². The van der Waals surface area contributed by atoms with Crippen molar-refractivity contribution in [2.75, 3.05) is 9.80 Å². The third-order valence-electron chi connectivity index (χ3n) is 19.7. The monoisotopic (exact) mass is 1120 g/mol. The summed E-state index contributed by atoms with van der Waals surface area (Å²) in [6, 6.07) is 68.1. The molecule has 0 aromatic heterocycles. The van der Waals surface area contributed by atoms with Gasteiger partial charge in [0, 0.05) is 50.4 Å². The molecule has 3 aliphatic rings. The fourth-order valence-corrected chi connectivity index (χ4v) is 15.7. The van der Waals surface area contributed by atoms with Gasteiger partial charge < -0.3 is 9.80 Å². The van der Waals surface area contributed by atoms with Gasteiger partial charge in [-0.2, -0.15) is 0 Å². The fraction of sp³-hybridized carbons (Fsp3) is 0.238. The third-order valence-corrected chi connectivity index (χ3v) is 19.7. The lowest BCUT2D eigenvalue weighted by atomic mass is 9.71. The molecular formula is C84H82N2. The number of hydrogen-bond donors (Lipinski definition) is 0. The summed E-state index contributed by atoms with van der Waals surface area (Å²) in [6.07, 6.45) is 11.4. The van der Waals surface area contributed by atoms with E-state index in [4.69, 9.17) is 0 Å². The van der Waals surface area contributed by atoms with E-state index in [0.717, 1.165) is 12.8 Å².